The highest BCUT2D eigenvalue weighted by Gasteiger charge is 2.30. The highest BCUT2D eigenvalue weighted by molar-refractivity contribution is 7.99. The second kappa shape index (κ2) is 18.8. The molecule has 13 heteroatoms. The van der Waals surface area contributed by atoms with Crippen molar-refractivity contribution in [1.82, 2.24) is 9.80 Å². The summed E-state index contributed by atoms with van der Waals surface area (Å²) in [7, 11) is 1.78. The number of hydrogen-bond acceptors (Lipinski definition) is 8. The molecule has 0 bridgehead atoms. The third-order valence-corrected chi connectivity index (χ3v) is 7.79. The van der Waals surface area contributed by atoms with Crippen LogP contribution in [0.1, 0.15) is 23.6 Å². The molecule has 232 valence electrons. The van der Waals surface area contributed by atoms with Crippen LogP contribution in [0.2, 0.25) is 5.02 Å². The van der Waals surface area contributed by atoms with E-state index in [1.54, 1.807) is 7.11 Å². The van der Waals surface area contributed by atoms with Crippen LogP contribution in [0.15, 0.2) is 76.6 Å². The number of methoxy groups -OCH3 is 1. The SMILES string of the molecule is COCCCN1CCN(C2Cc3ccccc3Sc3ccc(Cl)cc32)CC1.O=C(O)/C=C/C(=O)O.O=C(O)/C=C/C(=O)O. The van der Waals surface area contributed by atoms with Crippen LogP contribution in [-0.2, 0) is 30.3 Å². The molecule has 0 amide bonds. The Hall–Kier alpha value is -3.68. The Balaban J connectivity index is 0.000000334. The van der Waals surface area contributed by atoms with Crippen LogP contribution < -0.4 is 0 Å². The van der Waals surface area contributed by atoms with Crippen LogP contribution in [0, 0.1) is 0 Å². The van der Waals surface area contributed by atoms with Crippen molar-refractivity contribution in [3.05, 3.63) is 82.9 Å². The monoisotopic (exact) mass is 634 g/mol. The molecule has 2 heterocycles. The lowest BCUT2D eigenvalue weighted by Crippen LogP contribution is -2.48. The molecule has 2 aromatic carbocycles. The van der Waals surface area contributed by atoms with E-state index in [-0.39, 0.29) is 0 Å². The third kappa shape index (κ3) is 13.4. The van der Waals surface area contributed by atoms with Crippen LogP contribution >= 0.6 is 23.4 Å². The molecule has 0 spiro atoms. The first kappa shape index (κ1) is 35.5. The molecule has 11 nitrogen and oxygen atoms in total. The predicted octanol–water partition coefficient (Wildman–Crippen LogP) is 4.17. The molecular formula is C30H35ClN2O9S. The zero-order valence-corrected chi connectivity index (χ0v) is 25.2. The minimum absolute atomic E-state index is 0.399. The smallest absolute Gasteiger partial charge is 0.328 e. The van der Waals surface area contributed by atoms with Gasteiger partial charge in [0.1, 0.15) is 0 Å². The highest BCUT2D eigenvalue weighted by Crippen LogP contribution is 2.43. The molecule has 0 aliphatic carbocycles. The minimum Gasteiger partial charge on any atom is -0.478 e. The first-order valence-electron chi connectivity index (χ1n) is 13.3. The van der Waals surface area contributed by atoms with Crippen molar-refractivity contribution >= 4 is 47.2 Å². The van der Waals surface area contributed by atoms with E-state index in [1.807, 2.05) is 17.8 Å². The molecule has 2 aromatic rings. The Kier molecular flexibility index (Phi) is 15.5. The Labute approximate surface area is 259 Å². The van der Waals surface area contributed by atoms with Crippen LogP contribution in [-0.4, -0.2) is 101 Å². The van der Waals surface area contributed by atoms with E-state index in [0.29, 0.717) is 30.3 Å². The number of carbonyl (C=O) groups is 4. The third-order valence-electron chi connectivity index (χ3n) is 6.34. The van der Waals surface area contributed by atoms with Gasteiger partial charge in [0.05, 0.1) is 0 Å². The summed E-state index contributed by atoms with van der Waals surface area (Å²) in [4.78, 5) is 46.2. The number of piperazine rings is 1. The minimum atomic E-state index is -1.26. The van der Waals surface area contributed by atoms with E-state index >= 15 is 0 Å². The molecule has 0 saturated carbocycles. The van der Waals surface area contributed by atoms with Gasteiger partial charge in [-0.2, -0.15) is 0 Å². The number of carboxylic acids is 4. The van der Waals surface area contributed by atoms with Crippen LogP contribution in [0.5, 0.6) is 0 Å². The Morgan fingerprint density at radius 1 is 0.860 bits per heavy atom. The number of fused-ring (bicyclic) bond motifs is 2. The maximum atomic E-state index is 9.55. The molecule has 1 fully saturated rings. The zero-order chi connectivity index (χ0) is 31.8. The van der Waals surface area contributed by atoms with Crippen LogP contribution in [0.25, 0.3) is 0 Å². The molecule has 2 aliphatic heterocycles. The topological polar surface area (TPSA) is 165 Å². The molecule has 1 unspecified atom stereocenters. The van der Waals surface area contributed by atoms with E-state index in [1.165, 1.54) is 20.9 Å². The summed E-state index contributed by atoms with van der Waals surface area (Å²) in [6.45, 7) is 6.46. The summed E-state index contributed by atoms with van der Waals surface area (Å²) in [6, 6.07) is 15.6. The molecule has 43 heavy (non-hydrogen) atoms. The van der Waals surface area contributed by atoms with Gasteiger partial charge in [-0.25, -0.2) is 19.2 Å². The average Bonchev–Trinajstić information content (AvgIpc) is 3.13. The van der Waals surface area contributed by atoms with Gasteiger partial charge in [-0.3, -0.25) is 4.90 Å². The number of nitrogens with zero attached hydrogens (tertiary/aromatic N) is 2. The standard InChI is InChI=1S/C22H27ClN2OS.2C4H4O4/c1-26-14-4-9-24-10-12-25(13-11-24)20-15-17-5-2-3-6-21(17)27-22-8-7-18(23)16-19(20)22;2*5-3(6)1-2-4(7)8/h2-3,5-8,16,20H,4,9-15H2,1H3;2*1-2H,(H,5,6)(H,7,8)/b;2*2-1+. The zero-order valence-electron chi connectivity index (χ0n) is 23.6. The number of hydrogen-bond donors (Lipinski definition) is 4. The fraction of sp³-hybridized carbons (Fsp3) is 0.333. The van der Waals surface area contributed by atoms with Gasteiger partial charge in [0.25, 0.3) is 0 Å². The Bertz CT molecular complexity index is 1240. The quantitative estimate of drug-likeness (QED) is 0.230. The lowest BCUT2D eigenvalue weighted by atomic mass is 9.96. The number of ether oxygens (including phenoxy) is 1. The fourth-order valence-electron chi connectivity index (χ4n) is 4.42. The summed E-state index contributed by atoms with van der Waals surface area (Å²) in [6.07, 6.45) is 4.40. The van der Waals surface area contributed by atoms with Gasteiger partial charge in [0.2, 0.25) is 0 Å². The number of aliphatic carboxylic acids is 4. The van der Waals surface area contributed by atoms with Crippen LogP contribution in [0.4, 0.5) is 0 Å². The second-order valence-electron chi connectivity index (χ2n) is 9.36. The molecule has 0 radical (unpaired) electrons. The van der Waals surface area contributed by atoms with Gasteiger partial charge < -0.3 is 30.1 Å². The molecule has 4 N–H and O–H groups in total. The van der Waals surface area contributed by atoms with Crippen molar-refractivity contribution in [3.63, 3.8) is 0 Å². The number of benzene rings is 2. The van der Waals surface area contributed by atoms with Crippen molar-refractivity contribution in [3.8, 4) is 0 Å². The summed E-state index contributed by atoms with van der Waals surface area (Å²) in [5.74, 6) is -5.03. The van der Waals surface area contributed by atoms with Gasteiger partial charge in [0, 0.05) is 91.6 Å². The van der Waals surface area contributed by atoms with Gasteiger partial charge in [0.15, 0.2) is 0 Å². The highest BCUT2D eigenvalue weighted by atomic mass is 35.5. The van der Waals surface area contributed by atoms with Gasteiger partial charge in [-0.15, -0.1) is 0 Å². The van der Waals surface area contributed by atoms with Gasteiger partial charge in [-0.1, -0.05) is 41.6 Å². The number of halogens is 1. The number of rotatable bonds is 9. The number of carboxylic acid groups (broad SMARTS) is 4. The fourth-order valence-corrected chi connectivity index (χ4v) is 5.72. The van der Waals surface area contributed by atoms with E-state index in [4.69, 9.17) is 36.8 Å². The molecule has 4 rings (SSSR count). The van der Waals surface area contributed by atoms with Gasteiger partial charge >= 0.3 is 23.9 Å². The second-order valence-corrected chi connectivity index (χ2v) is 10.9. The molecule has 1 saturated heterocycles. The van der Waals surface area contributed by atoms with Crippen molar-refractivity contribution < 1.29 is 44.3 Å². The molecule has 0 aromatic heterocycles. The summed E-state index contributed by atoms with van der Waals surface area (Å²) in [5.41, 5.74) is 2.83. The van der Waals surface area contributed by atoms with Crippen molar-refractivity contribution in [2.45, 2.75) is 28.7 Å². The summed E-state index contributed by atoms with van der Waals surface area (Å²) < 4.78 is 5.19. The maximum absolute atomic E-state index is 9.55. The van der Waals surface area contributed by atoms with E-state index in [0.717, 1.165) is 57.2 Å². The van der Waals surface area contributed by atoms with E-state index in [9.17, 15) is 19.2 Å². The molecule has 2 aliphatic rings. The Morgan fingerprint density at radius 2 is 1.42 bits per heavy atom. The Morgan fingerprint density at radius 3 is 1.95 bits per heavy atom. The maximum Gasteiger partial charge on any atom is 0.328 e. The van der Waals surface area contributed by atoms with Crippen molar-refractivity contribution in [2.24, 2.45) is 0 Å². The van der Waals surface area contributed by atoms with Gasteiger partial charge in [-0.05, 0) is 48.2 Å². The molecular weight excluding hydrogens is 600 g/mol. The van der Waals surface area contributed by atoms with E-state index in [2.05, 4.69) is 46.2 Å². The summed E-state index contributed by atoms with van der Waals surface area (Å²) in [5, 5.41) is 32.1. The van der Waals surface area contributed by atoms with Crippen molar-refractivity contribution in [1.29, 1.82) is 0 Å². The summed E-state index contributed by atoms with van der Waals surface area (Å²) >= 11 is 8.28. The predicted molar refractivity (Wildman–Crippen MR) is 162 cm³/mol. The van der Waals surface area contributed by atoms with Crippen LogP contribution in [0.3, 0.4) is 0 Å². The van der Waals surface area contributed by atoms with E-state index < -0.39 is 23.9 Å². The first-order chi connectivity index (χ1) is 20.5. The lowest BCUT2D eigenvalue weighted by Gasteiger charge is -2.39. The lowest BCUT2D eigenvalue weighted by molar-refractivity contribution is -0.134. The first-order valence-corrected chi connectivity index (χ1v) is 14.5. The normalized spacial score (nSPS) is 16.6. The van der Waals surface area contributed by atoms with Crippen molar-refractivity contribution in [2.75, 3.05) is 46.4 Å². The largest absolute Gasteiger partial charge is 0.478 e. The average molecular weight is 635 g/mol. The molecule has 1 atom stereocenters.